The van der Waals surface area contributed by atoms with E-state index < -0.39 is 6.36 Å². The predicted molar refractivity (Wildman–Crippen MR) is 70.7 cm³/mol. The summed E-state index contributed by atoms with van der Waals surface area (Å²) in [6.45, 7) is 0. The van der Waals surface area contributed by atoms with Crippen molar-refractivity contribution in [1.29, 1.82) is 0 Å². The molecule has 0 aliphatic carbocycles. The molecule has 0 aliphatic heterocycles. The summed E-state index contributed by atoms with van der Waals surface area (Å²) < 4.78 is 40.1. The zero-order valence-corrected chi connectivity index (χ0v) is 11.3. The minimum Gasteiger partial charge on any atom is -0.406 e. The molecule has 1 aromatic carbocycles. The summed E-state index contributed by atoms with van der Waals surface area (Å²) in [5.74, 6) is -0.227. The van der Waals surface area contributed by atoms with Crippen molar-refractivity contribution in [3.8, 4) is 5.75 Å². The summed E-state index contributed by atoms with van der Waals surface area (Å²) >= 11 is 0. The predicted octanol–water partition coefficient (Wildman–Crippen LogP) is 2.88. The van der Waals surface area contributed by atoms with Crippen LogP contribution in [0.3, 0.4) is 0 Å². The van der Waals surface area contributed by atoms with Crippen molar-refractivity contribution < 1.29 is 17.9 Å². The molecule has 2 aromatic rings. The van der Waals surface area contributed by atoms with Gasteiger partial charge < -0.3 is 10.1 Å². The van der Waals surface area contributed by atoms with Crippen molar-refractivity contribution >= 4 is 0 Å². The summed E-state index contributed by atoms with van der Waals surface area (Å²) in [5, 5.41) is 3.13. The van der Waals surface area contributed by atoms with Crippen LogP contribution in [-0.2, 0) is 6.42 Å². The first kappa shape index (κ1) is 15.2. The average Bonchev–Trinajstić information content (AvgIpc) is 2.46. The molecule has 0 aliphatic rings. The summed E-state index contributed by atoms with van der Waals surface area (Å²) in [4.78, 5) is 7.91. The zero-order chi connectivity index (χ0) is 15.3. The first-order valence-electron chi connectivity index (χ1n) is 6.25. The molecule has 4 nitrogen and oxygen atoms in total. The summed E-state index contributed by atoms with van der Waals surface area (Å²) in [6, 6.07) is 5.80. The van der Waals surface area contributed by atoms with E-state index >= 15 is 0 Å². The molecule has 1 atom stereocenters. The highest BCUT2D eigenvalue weighted by atomic mass is 19.4. The molecule has 0 amide bonds. The van der Waals surface area contributed by atoms with Crippen LogP contribution in [0, 0.1) is 0 Å². The van der Waals surface area contributed by atoms with Gasteiger partial charge in [0.1, 0.15) is 12.1 Å². The molecule has 1 unspecified atom stereocenters. The van der Waals surface area contributed by atoms with Gasteiger partial charge in [0.15, 0.2) is 0 Å². The van der Waals surface area contributed by atoms with Gasteiger partial charge in [-0.15, -0.1) is 13.2 Å². The van der Waals surface area contributed by atoms with Crippen molar-refractivity contribution in [3.63, 3.8) is 0 Å². The molecule has 1 heterocycles. The first-order chi connectivity index (χ1) is 9.98. The zero-order valence-electron chi connectivity index (χ0n) is 11.3. The molecule has 1 N–H and O–H groups in total. The fraction of sp³-hybridized carbons (Fsp3) is 0.286. The number of nitrogens with zero attached hydrogens (tertiary/aromatic N) is 2. The maximum absolute atomic E-state index is 12.1. The molecular formula is C14H14F3N3O. The third kappa shape index (κ3) is 4.71. The molecular weight excluding hydrogens is 283 g/mol. The number of likely N-dealkylation sites (N-methyl/N-ethyl adjacent to an activating group) is 1. The minimum atomic E-state index is -4.67. The molecule has 0 saturated heterocycles. The number of benzene rings is 1. The number of alkyl halides is 3. The molecule has 21 heavy (non-hydrogen) atoms. The number of hydrogen-bond acceptors (Lipinski definition) is 4. The summed E-state index contributed by atoms with van der Waals surface area (Å²) in [7, 11) is 1.80. The highest BCUT2D eigenvalue weighted by Crippen LogP contribution is 2.24. The monoisotopic (exact) mass is 297 g/mol. The second-order valence-electron chi connectivity index (χ2n) is 4.41. The van der Waals surface area contributed by atoms with Crippen LogP contribution in [0.15, 0.2) is 43.0 Å². The van der Waals surface area contributed by atoms with Crippen LogP contribution in [0.25, 0.3) is 0 Å². The van der Waals surface area contributed by atoms with E-state index in [9.17, 15) is 13.2 Å². The fourth-order valence-corrected chi connectivity index (χ4v) is 1.94. The Hall–Kier alpha value is -2.15. The van der Waals surface area contributed by atoms with Crippen LogP contribution in [0.1, 0.15) is 17.2 Å². The third-order valence-electron chi connectivity index (χ3n) is 2.93. The molecule has 0 radical (unpaired) electrons. The Bertz CT molecular complexity index is 558. The highest BCUT2D eigenvalue weighted by Gasteiger charge is 2.30. The van der Waals surface area contributed by atoms with Gasteiger partial charge in [-0.3, -0.25) is 0 Å². The number of ether oxygens (including phenoxy) is 1. The van der Waals surface area contributed by atoms with E-state index in [1.165, 1.54) is 18.5 Å². The quantitative estimate of drug-likeness (QED) is 0.922. The Labute approximate surface area is 120 Å². The van der Waals surface area contributed by atoms with E-state index in [4.69, 9.17) is 0 Å². The van der Waals surface area contributed by atoms with Crippen LogP contribution >= 0.6 is 0 Å². The lowest BCUT2D eigenvalue weighted by atomic mass is 10.0. The van der Waals surface area contributed by atoms with Crippen molar-refractivity contribution in [3.05, 3.63) is 54.1 Å². The van der Waals surface area contributed by atoms with Crippen molar-refractivity contribution in [2.45, 2.75) is 18.8 Å². The number of rotatable bonds is 5. The second kappa shape index (κ2) is 6.53. The Kier molecular flexibility index (Phi) is 4.74. The molecule has 0 bridgehead atoms. The smallest absolute Gasteiger partial charge is 0.406 e. The number of hydrogen-bond donors (Lipinski definition) is 1. The van der Waals surface area contributed by atoms with Gasteiger partial charge in [-0.05, 0) is 31.2 Å². The van der Waals surface area contributed by atoms with Gasteiger partial charge in [-0.1, -0.05) is 12.1 Å². The van der Waals surface area contributed by atoms with Crippen LogP contribution < -0.4 is 10.1 Å². The Morgan fingerprint density at radius 2 is 1.76 bits per heavy atom. The van der Waals surface area contributed by atoms with E-state index in [1.54, 1.807) is 31.6 Å². The normalized spacial score (nSPS) is 13.0. The van der Waals surface area contributed by atoms with E-state index in [0.717, 1.165) is 11.1 Å². The maximum atomic E-state index is 12.1. The van der Waals surface area contributed by atoms with Gasteiger partial charge in [0.2, 0.25) is 0 Å². The van der Waals surface area contributed by atoms with Crippen LogP contribution in [0.5, 0.6) is 5.75 Å². The van der Waals surface area contributed by atoms with Crippen molar-refractivity contribution in [2.75, 3.05) is 7.05 Å². The SMILES string of the molecule is CNC(Cc1ccc(OC(F)(F)F)cc1)c1cncnc1. The highest BCUT2D eigenvalue weighted by molar-refractivity contribution is 5.29. The fourth-order valence-electron chi connectivity index (χ4n) is 1.94. The van der Waals surface area contributed by atoms with Gasteiger partial charge in [-0.25, -0.2) is 9.97 Å². The minimum absolute atomic E-state index is 0.0133. The number of nitrogens with one attached hydrogen (secondary N) is 1. The Morgan fingerprint density at radius 3 is 2.29 bits per heavy atom. The molecule has 0 saturated carbocycles. The standard InChI is InChI=1S/C14H14F3N3O/c1-18-13(11-7-19-9-20-8-11)6-10-2-4-12(5-3-10)21-14(15,16)17/h2-5,7-9,13,18H,6H2,1H3. The topological polar surface area (TPSA) is 47.0 Å². The van der Waals surface area contributed by atoms with E-state index in [-0.39, 0.29) is 11.8 Å². The molecule has 112 valence electrons. The van der Waals surface area contributed by atoms with Crippen LogP contribution in [-0.4, -0.2) is 23.4 Å². The average molecular weight is 297 g/mol. The lowest BCUT2D eigenvalue weighted by Crippen LogP contribution is -2.19. The maximum Gasteiger partial charge on any atom is 0.573 e. The molecule has 7 heteroatoms. The van der Waals surface area contributed by atoms with E-state index in [2.05, 4.69) is 20.0 Å². The van der Waals surface area contributed by atoms with Crippen molar-refractivity contribution in [2.24, 2.45) is 0 Å². The number of halogens is 3. The lowest BCUT2D eigenvalue weighted by Gasteiger charge is -2.16. The van der Waals surface area contributed by atoms with Gasteiger partial charge >= 0.3 is 6.36 Å². The summed E-state index contributed by atoms with van der Waals surface area (Å²) in [5.41, 5.74) is 1.79. The summed E-state index contributed by atoms with van der Waals surface area (Å²) in [6.07, 6.45) is 0.788. The Balaban J connectivity index is 2.05. The van der Waals surface area contributed by atoms with E-state index in [1.807, 2.05) is 0 Å². The molecule has 0 spiro atoms. The largest absolute Gasteiger partial charge is 0.573 e. The molecule has 1 aromatic heterocycles. The second-order valence-corrected chi connectivity index (χ2v) is 4.41. The van der Waals surface area contributed by atoms with Gasteiger partial charge in [0.05, 0.1) is 0 Å². The first-order valence-corrected chi connectivity index (χ1v) is 6.25. The van der Waals surface area contributed by atoms with Gasteiger partial charge in [0.25, 0.3) is 0 Å². The Morgan fingerprint density at radius 1 is 1.14 bits per heavy atom. The van der Waals surface area contributed by atoms with Crippen LogP contribution in [0.4, 0.5) is 13.2 Å². The van der Waals surface area contributed by atoms with Crippen molar-refractivity contribution in [1.82, 2.24) is 15.3 Å². The molecule has 2 rings (SSSR count). The number of aromatic nitrogens is 2. The third-order valence-corrected chi connectivity index (χ3v) is 2.93. The van der Waals surface area contributed by atoms with Gasteiger partial charge in [-0.2, -0.15) is 0 Å². The lowest BCUT2D eigenvalue weighted by molar-refractivity contribution is -0.274. The molecule has 0 fully saturated rings. The van der Waals surface area contributed by atoms with Crippen LogP contribution in [0.2, 0.25) is 0 Å². The van der Waals surface area contributed by atoms with Gasteiger partial charge in [0, 0.05) is 24.0 Å². The van der Waals surface area contributed by atoms with E-state index in [0.29, 0.717) is 6.42 Å².